The zero-order chi connectivity index (χ0) is 18.5. The van der Waals surface area contributed by atoms with Crippen LogP contribution in [0.15, 0.2) is 42.5 Å². The van der Waals surface area contributed by atoms with Crippen LogP contribution in [0.25, 0.3) is 0 Å². The molecule has 2 aromatic carbocycles. The number of carbonyl (C=O) groups excluding carboxylic acids is 2. The van der Waals surface area contributed by atoms with E-state index in [4.69, 9.17) is 9.47 Å². The van der Waals surface area contributed by atoms with E-state index in [9.17, 15) is 9.59 Å². The van der Waals surface area contributed by atoms with E-state index >= 15 is 0 Å². The second kappa shape index (κ2) is 8.50. The van der Waals surface area contributed by atoms with Crippen LogP contribution in [-0.2, 0) is 4.74 Å². The van der Waals surface area contributed by atoms with Gasteiger partial charge in [-0.05, 0) is 52.9 Å². The number of para-hydroxylation sites is 1. The fraction of sp³-hybridized carbons (Fsp3) is 0.263. The summed E-state index contributed by atoms with van der Waals surface area (Å²) >= 11 is 2.12. The van der Waals surface area contributed by atoms with Crippen LogP contribution in [0.2, 0.25) is 0 Å². The quantitative estimate of drug-likeness (QED) is 0.704. The lowest BCUT2D eigenvalue weighted by molar-refractivity contribution is 0.0303. The number of rotatable bonds is 4. The summed E-state index contributed by atoms with van der Waals surface area (Å²) in [5, 5.41) is 2.85. The van der Waals surface area contributed by atoms with Crippen LogP contribution in [0.3, 0.4) is 0 Å². The van der Waals surface area contributed by atoms with Gasteiger partial charge >= 0.3 is 0 Å². The monoisotopic (exact) mass is 466 g/mol. The molecule has 7 heteroatoms. The molecule has 1 fully saturated rings. The highest BCUT2D eigenvalue weighted by Gasteiger charge is 2.21. The summed E-state index contributed by atoms with van der Waals surface area (Å²) in [6, 6.07) is 12.2. The number of nitrogens with zero attached hydrogens (tertiary/aromatic N) is 1. The largest absolute Gasteiger partial charge is 0.496 e. The van der Waals surface area contributed by atoms with Gasteiger partial charge < -0.3 is 19.7 Å². The molecule has 1 heterocycles. The van der Waals surface area contributed by atoms with Gasteiger partial charge in [-0.2, -0.15) is 0 Å². The topological polar surface area (TPSA) is 67.9 Å². The third-order valence-electron chi connectivity index (χ3n) is 4.12. The summed E-state index contributed by atoms with van der Waals surface area (Å²) in [4.78, 5) is 27.1. The number of amides is 2. The predicted octanol–water partition coefficient (Wildman–Crippen LogP) is 3.02. The fourth-order valence-electron chi connectivity index (χ4n) is 2.72. The Balaban J connectivity index is 1.80. The summed E-state index contributed by atoms with van der Waals surface area (Å²) in [7, 11) is 1.59. The molecule has 26 heavy (non-hydrogen) atoms. The number of morpholine rings is 1. The van der Waals surface area contributed by atoms with Gasteiger partial charge in [-0.15, -0.1) is 0 Å². The molecule has 2 amide bonds. The van der Waals surface area contributed by atoms with Crippen LogP contribution in [0, 0.1) is 3.57 Å². The van der Waals surface area contributed by atoms with Gasteiger partial charge in [0.25, 0.3) is 11.8 Å². The molecule has 1 saturated heterocycles. The van der Waals surface area contributed by atoms with Gasteiger partial charge in [0.2, 0.25) is 0 Å². The molecule has 0 unspecified atom stereocenters. The maximum absolute atomic E-state index is 12.8. The molecule has 1 N–H and O–H groups in total. The minimum atomic E-state index is -0.271. The van der Waals surface area contributed by atoms with Crippen LogP contribution < -0.4 is 10.1 Å². The minimum absolute atomic E-state index is 0.103. The van der Waals surface area contributed by atoms with Crippen molar-refractivity contribution >= 4 is 40.1 Å². The van der Waals surface area contributed by atoms with Gasteiger partial charge in [0.1, 0.15) is 5.75 Å². The Bertz CT molecular complexity index is 819. The third-order valence-corrected chi connectivity index (χ3v) is 4.96. The molecule has 0 atom stereocenters. The first-order valence-corrected chi connectivity index (χ1v) is 9.29. The van der Waals surface area contributed by atoms with Crippen LogP contribution in [-0.4, -0.2) is 50.1 Å². The summed E-state index contributed by atoms with van der Waals surface area (Å²) in [5.41, 5.74) is 1.48. The normalized spacial score (nSPS) is 14.0. The maximum Gasteiger partial charge on any atom is 0.256 e. The van der Waals surface area contributed by atoms with Gasteiger partial charge in [0, 0.05) is 18.7 Å². The Hall–Kier alpha value is -2.13. The van der Waals surface area contributed by atoms with E-state index < -0.39 is 0 Å². The molecule has 0 spiro atoms. The van der Waals surface area contributed by atoms with Crippen molar-refractivity contribution in [1.82, 2.24) is 4.90 Å². The number of carbonyl (C=O) groups is 2. The van der Waals surface area contributed by atoms with E-state index in [1.165, 1.54) is 0 Å². The van der Waals surface area contributed by atoms with Gasteiger partial charge in [-0.1, -0.05) is 12.1 Å². The molecule has 136 valence electrons. The molecule has 0 aliphatic carbocycles. The van der Waals surface area contributed by atoms with E-state index in [2.05, 4.69) is 27.9 Å². The number of hydrogen-bond donors (Lipinski definition) is 1. The Kier molecular flexibility index (Phi) is 6.10. The van der Waals surface area contributed by atoms with Gasteiger partial charge in [0.15, 0.2) is 0 Å². The number of halogens is 1. The number of methoxy groups -OCH3 is 1. The Morgan fingerprint density at radius 1 is 1.15 bits per heavy atom. The summed E-state index contributed by atoms with van der Waals surface area (Å²) in [6.07, 6.45) is 0. The van der Waals surface area contributed by atoms with Crippen LogP contribution in [0.4, 0.5) is 5.69 Å². The number of anilines is 1. The van der Waals surface area contributed by atoms with Crippen molar-refractivity contribution in [3.63, 3.8) is 0 Å². The third kappa shape index (κ3) is 4.16. The van der Waals surface area contributed by atoms with Crippen molar-refractivity contribution in [1.29, 1.82) is 0 Å². The van der Waals surface area contributed by atoms with Crippen molar-refractivity contribution in [2.24, 2.45) is 0 Å². The van der Waals surface area contributed by atoms with Crippen LogP contribution in [0.5, 0.6) is 5.75 Å². The molecule has 3 rings (SSSR count). The van der Waals surface area contributed by atoms with E-state index in [0.29, 0.717) is 48.9 Å². The zero-order valence-corrected chi connectivity index (χ0v) is 16.5. The first-order valence-electron chi connectivity index (χ1n) is 8.21. The van der Waals surface area contributed by atoms with E-state index in [1.54, 1.807) is 54.5 Å². The average molecular weight is 466 g/mol. The van der Waals surface area contributed by atoms with E-state index in [0.717, 1.165) is 3.57 Å². The molecule has 2 aromatic rings. The Labute approximate surface area is 165 Å². The second-order valence-electron chi connectivity index (χ2n) is 5.75. The number of nitrogens with one attached hydrogen (secondary N) is 1. The zero-order valence-electron chi connectivity index (χ0n) is 14.3. The lowest BCUT2D eigenvalue weighted by Gasteiger charge is -2.27. The standard InChI is InChI=1S/C19H19IN2O4/c1-25-17-7-6-13(12-15(17)20)18(23)21-16-5-3-2-4-14(16)19(24)22-8-10-26-11-9-22/h2-7,12H,8-11H2,1H3,(H,21,23). The summed E-state index contributed by atoms with van der Waals surface area (Å²) in [5.74, 6) is 0.339. The molecule has 0 saturated carbocycles. The fourth-order valence-corrected chi connectivity index (χ4v) is 3.45. The number of benzene rings is 2. The van der Waals surface area contributed by atoms with Crippen molar-refractivity contribution < 1.29 is 19.1 Å². The maximum atomic E-state index is 12.8. The smallest absolute Gasteiger partial charge is 0.256 e. The molecule has 1 aliphatic rings. The van der Waals surface area contributed by atoms with Gasteiger partial charge in [0.05, 0.1) is 35.1 Å². The Morgan fingerprint density at radius 3 is 2.58 bits per heavy atom. The van der Waals surface area contributed by atoms with Gasteiger partial charge in [-0.3, -0.25) is 9.59 Å². The van der Waals surface area contributed by atoms with E-state index in [-0.39, 0.29) is 11.8 Å². The Morgan fingerprint density at radius 2 is 1.88 bits per heavy atom. The molecule has 0 aromatic heterocycles. The highest BCUT2D eigenvalue weighted by atomic mass is 127. The highest BCUT2D eigenvalue weighted by molar-refractivity contribution is 14.1. The first kappa shape index (κ1) is 18.7. The lowest BCUT2D eigenvalue weighted by Crippen LogP contribution is -2.41. The predicted molar refractivity (Wildman–Crippen MR) is 107 cm³/mol. The highest BCUT2D eigenvalue weighted by Crippen LogP contribution is 2.23. The molecule has 6 nitrogen and oxygen atoms in total. The molecule has 0 radical (unpaired) electrons. The first-order chi connectivity index (χ1) is 12.6. The van der Waals surface area contributed by atoms with Gasteiger partial charge in [-0.25, -0.2) is 0 Å². The lowest BCUT2D eigenvalue weighted by atomic mass is 10.1. The van der Waals surface area contributed by atoms with Crippen molar-refractivity contribution in [3.05, 3.63) is 57.2 Å². The van der Waals surface area contributed by atoms with Crippen molar-refractivity contribution in [2.75, 3.05) is 38.7 Å². The molecular formula is C19H19IN2O4. The minimum Gasteiger partial charge on any atom is -0.496 e. The summed E-state index contributed by atoms with van der Waals surface area (Å²) in [6.45, 7) is 2.17. The second-order valence-corrected chi connectivity index (χ2v) is 6.92. The molecule has 1 aliphatic heterocycles. The number of hydrogen-bond acceptors (Lipinski definition) is 4. The van der Waals surface area contributed by atoms with E-state index in [1.807, 2.05) is 0 Å². The van der Waals surface area contributed by atoms with Crippen molar-refractivity contribution in [2.45, 2.75) is 0 Å². The van der Waals surface area contributed by atoms with Crippen LogP contribution >= 0.6 is 22.6 Å². The van der Waals surface area contributed by atoms with Crippen LogP contribution in [0.1, 0.15) is 20.7 Å². The average Bonchev–Trinajstić information content (AvgIpc) is 2.68. The van der Waals surface area contributed by atoms with Crippen molar-refractivity contribution in [3.8, 4) is 5.75 Å². The molecule has 0 bridgehead atoms. The number of ether oxygens (including phenoxy) is 2. The SMILES string of the molecule is COc1ccc(C(=O)Nc2ccccc2C(=O)N2CCOCC2)cc1I. The summed E-state index contributed by atoms with van der Waals surface area (Å²) < 4.78 is 11.4. The molecular weight excluding hydrogens is 447 g/mol.